The summed E-state index contributed by atoms with van der Waals surface area (Å²) < 4.78 is 23.0. The average molecular weight is 256 g/mol. The van der Waals surface area contributed by atoms with Crippen LogP contribution >= 0.6 is 0 Å². The van der Waals surface area contributed by atoms with Crippen molar-refractivity contribution in [2.24, 2.45) is 5.84 Å². The zero-order chi connectivity index (χ0) is 13.1. The number of nitrogens with one attached hydrogen (secondary N) is 1. The smallest absolute Gasteiger partial charge is 0.151 e. The molecule has 2 unspecified atom stereocenters. The van der Waals surface area contributed by atoms with E-state index < -0.39 is 15.1 Å². The minimum atomic E-state index is -3.09. The number of hydrazine groups is 1. The monoisotopic (exact) mass is 256 g/mol. The molecule has 1 aromatic rings. The maximum absolute atomic E-state index is 11.5. The number of rotatable bonds is 5. The molecule has 0 amide bonds. The standard InChI is InChI=1S/C12H20N2O2S/c1-9-5-4-6-11(7-9)8-12(14-13)10(2)17(3,15)16/h4-7,10,12,14H,8,13H2,1-3H3. The summed E-state index contributed by atoms with van der Waals surface area (Å²) in [6.07, 6.45) is 1.84. The minimum absolute atomic E-state index is 0.271. The molecule has 0 aliphatic heterocycles. The van der Waals surface area contributed by atoms with Gasteiger partial charge in [0, 0.05) is 12.3 Å². The van der Waals surface area contributed by atoms with E-state index in [2.05, 4.69) is 5.43 Å². The molecule has 0 bridgehead atoms. The van der Waals surface area contributed by atoms with Gasteiger partial charge in [-0.25, -0.2) is 8.42 Å². The molecule has 0 radical (unpaired) electrons. The number of benzene rings is 1. The molecular weight excluding hydrogens is 236 g/mol. The number of hydrogen-bond donors (Lipinski definition) is 2. The van der Waals surface area contributed by atoms with E-state index in [1.54, 1.807) is 6.92 Å². The molecule has 3 N–H and O–H groups in total. The van der Waals surface area contributed by atoms with Crippen LogP contribution in [-0.4, -0.2) is 26.0 Å². The summed E-state index contributed by atoms with van der Waals surface area (Å²) in [5.41, 5.74) is 4.84. The van der Waals surface area contributed by atoms with Crippen molar-refractivity contribution in [2.45, 2.75) is 31.6 Å². The normalized spacial score (nSPS) is 15.5. The van der Waals surface area contributed by atoms with Crippen LogP contribution in [0.4, 0.5) is 0 Å². The molecule has 0 aliphatic rings. The molecule has 96 valence electrons. The van der Waals surface area contributed by atoms with Crippen molar-refractivity contribution in [3.8, 4) is 0 Å². The van der Waals surface area contributed by atoms with E-state index in [9.17, 15) is 8.42 Å². The largest absolute Gasteiger partial charge is 0.271 e. The lowest BCUT2D eigenvalue weighted by Gasteiger charge is -2.22. The Balaban J connectivity index is 2.84. The molecule has 2 atom stereocenters. The van der Waals surface area contributed by atoms with Gasteiger partial charge in [0.25, 0.3) is 0 Å². The molecule has 0 saturated carbocycles. The van der Waals surface area contributed by atoms with E-state index >= 15 is 0 Å². The molecule has 0 spiro atoms. The van der Waals surface area contributed by atoms with Crippen LogP contribution in [-0.2, 0) is 16.3 Å². The maximum atomic E-state index is 11.5. The summed E-state index contributed by atoms with van der Waals surface area (Å²) in [5, 5.41) is -0.506. The quantitative estimate of drug-likeness (QED) is 0.604. The first-order valence-corrected chi connectivity index (χ1v) is 7.50. The first-order valence-electron chi connectivity index (χ1n) is 5.55. The van der Waals surface area contributed by atoms with Crippen LogP contribution < -0.4 is 11.3 Å². The Morgan fingerprint density at radius 1 is 1.41 bits per heavy atom. The SMILES string of the molecule is Cc1cccc(CC(NN)C(C)S(C)(=O)=O)c1. The molecule has 0 saturated heterocycles. The van der Waals surface area contributed by atoms with Crippen molar-refractivity contribution < 1.29 is 8.42 Å². The van der Waals surface area contributed by atoms with Gasteiger partial charge in [0.05, 0.1) is 5.25 Å². The van der Waals surface area contributed by atoms with Crippen molar-refractivity contribution in [1.82, 2.24) is 5.43 Å². The minimum Gasteiger partial charge on any atom is -0.271 e. The summed E-state index contributed by atoms with van der Waals surface area (Å²) >= 11 is 0. The van der Waals surface area contributed by atoms with Crippen LogP contribution in [0.3, 0.4) is 0 Å². The van der Waals surface area contributed by atoms with Crippen LogP contribution in [0.25, 0.3) is 0 Å². The second-order valence-electron chi connectivity index (χ2n) is 4.50. The fourth-order valence-corrected chi connectivity index (χ4v) is 2.52. The third-order valence-electron chi connectivity index (χ3n) is 2.99. The third-order valence-corrected chi connectivity index (χ3v) is 4.67. The summed E-state index contributed by atoms with van der Waals surface area (Å²) in [4.78, 5) is 0. The highest BCUT2D eigenvalue weighted by Gasteiger charge is 2.25. The second kappa shape index (κ2) is 5.62. The fourth-order valence-electron chi connectivity index (χ4n) is 1.75. The van der Waals surface area contributed by atoms with Crippen LogP contribution in [0.15, 0.2) is 24.3 Å². The predicted octanol–water partition coefficient (Wildman–Crippen LogP) is 0.803. The van der Waals surface area contributed by atoms with Crippen molar-refractivity contribution in [2.75, 3.05) is 6.26 Å². The van der Waals surface area contributed by atoms with Gasteiger partial charge in [-0.3, -0.25) is 11.3 Å². The Morgan fingerprint density at radius 2 is 2.06 bits per heavy atom. The molecule has 5 heteroatoms. The Hall–Kier alpha value is -0.910. The van der Waals surface area contributed by atoms with Crippen LogP contribution in [0.2, 0.25) is 0 Å². The molecule has 17 heavy (non-hydrogen) atoms. The van der Waals surface area contributed by atoms with Gasteiger partial charge in [0.15, 0.2) is 9.84 Å². The summed E-state index contributed by atoms with van der Waals surface area (Å²) in [6, 6.07) is 7.72. The van der Waals surface area contributed by atoms with Crippen molar-refractivity contribution in [3.63, 3.8) is 0 Å². The van der Waals surface area contributed by atoms with Crippen LogP contribution in [0, 0.1) is 6.92 Å². The topological polar surface area (TPSA) is 72.2 Å². The highest BCUT2D eigenvalue weighted by atomic mass is 32.2. The molecule has 1 aromatic carbocycles. The first kappa shape index (κ1) is 14.2. The van der Waals surface area contributed by atoms with Gasteiger partial charge in [-0.1, -0.05) is 29.8 Å². The third kappa shape index (κ3) is 4.11. The average Bonchev–Trinajstić information content (AvgIpc) is 2.24. The van der Waals surface area contributed by atoms with Crippen molar-refractivity contribution >= 4 is 9.84 Å². The predicted molar refractivity (Wildman–Crippen MR) is 70.3 cm³/mol. The lowest BCUT2D eigenvalue weighted by Crippen LogP contribution is -2.47. The lowest BCUT2D eigenvalue weighted by atomic mass is 10.0. The summed E-state index contributed by atoms with van der Waals surface area (Å²) in [6.45, 7) is 3.68. The van der Waals surface area contributed by atoms with Gasteiger partial charge in [0.2, 0.25) is 0 Å². The summed E-state index contributed by atoms with van der Waals surface area (Å²) in [5.74, 6) is 5.44. The molecule has 0 heterocycles. The zero-order valence-corrected chi connectivity index (χ0v) is 11.3. The Bertz CT molecular complexity index is 471. The van der Waals surface area contributed by atoms with E-state index in [0.717, 1.165) is 11.1 Å². The van der Waals surface area contributed by atoms with Gasteiger partial charge >= 0.3 is 0 Å². The van der Waals surface area contributed by atoms with Gasteiger partial charge in [-0.2, -0.15) is 0 Å². The molecule has 4 nitrogen and oxygen atoms in total. The van der Waals surface area contributed by atoms with E-state index in [-0.39, 0.29) is 6.04 Å². The van der Waals surface area contributed by atoms with Crippen molar-refractivity contribution in [3.05, 3.63) is 35.4 Å². The van der Waals surface area contributed by atoms with E-state index in [4.69, 9.17) is 5.84 Å². The van der Waals surface area contributed by atoms with Crippen LogP contribution in [0.1, 0.15) is 18.1 Å². The number of nitrogens with two attached hydrogens (primary N) is 1. The Morgan fingerprint density at radius 3 is 2.53 bits per heavy atom. The Labute approximate surface area is 103 Å². The zero-order valence-electron chi connectivity index (χ0n) is 10.5. The van der Waals surface area contributed by atoms with Gasteiger partial charge in [-0.05, 0) is 25.8 Å². The van der Waals surface area contributed by atoms with Gasteiger partial charge in [-0.15, -0.1) is 0 Å². The molecule has 0 aromatic heterocycles. The summed E-state index contributed by atoms with van der Waals surface area (Å²) in [7, 11) is -3.09. The highest BCUT2D eigenvalue weighted by molar-refractivity contribution is 7.91. The number of aryl methyl sites for hydroxylation is 1. The number of hydrogen-bond acceptors (Lipinski definition) is 4. The second-order valence-corrected chi connectivity index (χ2v) is 6.90. The van der Waals surface area contributed by atoms with E-state index in [0.29, 0.717) is 6.42 Å². The molecular formula is C12H20N2O2S. The van der Waals surface area contributed by atoms with Crippen LogP contribution in [0.5, 0.6) is 0 Å². The molecule has 1 rings (SSSR count). The fraction of sp³-hybridized carbons (Fsp3) is 0.500. The van der Waals surface area contributed by atoms with Gasteiger partial charge in [0.1, 0.15) is 0 Å². The van der Waals surface area contributed by atoms with E-state index in [1.165, 1.54) is 6.26 Å². The molecule has 0 aliphatic carbocycles. The highest BCUT2D eigenvalue weighted by Crippen LogP contribution is 2.12. The maximum Gasteiger partial charge on any atom is 0.151 e. The van der Waals surface area contributed by atoms with E-state index in [1.807, 2.05) is 31.2 Å². The van der Waals surface area contributed by atoms with Crippen molar-refractivity contribution in [1.29, 1.82) is 0 Å². The Kier molecular flexibility index (Phi) is 4.68. The number of sulfone groups is 1. The first-order chi connectivity index (χ1) is 7.84. The lowest BCUT2D eigenvalue weighted by molar-refractivity contribution is 0.494. The molecule has 0 fully saturated rings. The van der Waals surface area contributed by atoms with Gasteiger partial charge < -0.3 is 0 Å².